The molecule has 0 aliphatic heterocycles. The Morgan fingerprint density at radius 1 is 1.25 bits per heavy atom. The van der Waals surface area contributed by atoms with E-state index in [1.54, 1.807) is 25.1 Å². The van der Waals surface area contributed by atoms with Crippen LogP contribution in [-0.2, 0) is 4.79 Å². The Hall–Kier alpha value is -2.96. The average molecular weight is 332 g/mol. The molecule has 0 atom stereocenters. The molecule has 24 heavy (non-hydrogen) atoms. The van der Waals surface area contributed by atoms with Gasteiger partial charge in [-0.25, -0.2) is 4.39 Å². The lowest BCUT2D eigenvalue weighted by Crippen LogP contribution is -2.14. The van der Waals surface area contributed by atoms with E-state index in [0.29, 0.717) is 17.7 Å². The molecule has 0 saturated heterocycles. The first kappa shape index (κ1) is 17.4. The number of ether oxygens (including phenoxy) is 1. The smallest absolute Gasteiger partial charge is 0.274 e. The average Bonchev–Trinajstić information content (AvgIpc) is 2.55. The number of anilines is 1. The van der Waals surface area contributed by atoms with E-state index in [9.17, 15) is 19.3 Å². The zero-order valence-corrected chi connectivity index (χ0v) is 13.1. The van der Waals surface area contributed by atoms with Crippen LogP contribution in [0.5, 0.6) is 5.75 Å². The predicted molar refractivity (Wildman–Crippen MR) is 87.6 cm³/mol. The SMILES string of the molecule is Cc1c(NC(=O)CCCOc2ccccc2F)cccc1[N+](=O)[O-]. The molecule has 126 valence electrons. The van der Waals surface area contributed by atoms with Gasteiger partial charge in [-0.15, -0.1) is 0 Å². The molecule has 0 radical (unpaired) electrons. The highest BCUT2D eigenvalue weighted by atomic mass is 19.1. The van der Waals surface area contributed by atoms with Crippen molar-refractivity contribution in [2.75, 3.05) is 11.9 Å². The van der Waals surface area contributed by atoms with E-state index in [4.69, 9.17) is 4.74 Å². The number of nitro groups is 1. The standard InChI is InChI=1S/C17H17FN2O4/c1-12-14(7-4-8-15(12)20(22)23)19-17(21)10-5-11-24-16-9-3-2-6-13(16)18/h2-4,6-9H,5,10-11H2,1H3,(H,19,21). The van der Waals surface area contributed by atoms with Crippen LogP contribution in [0.25, 0.3) is 0 Å². The topological polar surface area (TPSA) is 81.5 Å². The van der Waals surface area contributed by atoms with Crippen LogP contribution in [0.1, 0.15) is 18.4 Å². The molecule has 0 aliphatic carbocycles. The molecule has 2 aromatic carbocycles. The van der Waals surface area contributed by atoms with Crippen molar-refractivity contribution in [1.29, 1.82) is 0 Å². The number of hydrogen-bond acceptors (Lipinski definition) is 4. The summed E-state index contributed by atoms with van der Waals surface area (Å²) < 4.78 is 18.6. The van der Waals surface area contributed by atoms with Crippen LogP contribution in [-0.4, -0.2) is 17.4 Å². The largest absolute Gasteiger partial charge is 0.491 e. The molecule has 6 nitrogen and oxygen atoms in total. The number of benzene rings is 2. The summed E-state index contributed by atoms with van der Waals surface area (Å²) >= 11 is 0. The maximum absolute atomic E-state index is 13.4. The van der Waals surface area contributed by atoms with Gasteiger partial charge >= 0.3 is 0 Å². The number of carbonyl (C=O) groups excluding carboxylic acids is 1. The lowest BCUT2D eigenvalue weighted by Gasteiger charge is -2.09. The minimum absolute atomic E-state index is 0.0457. The van der Waals surface area contributed by atoms with Crippen molar-refractivity contribution in [3.8, 4) is 5.75 Å². The van der Waals surface area contributed by atoms with Gasteiger partial charge in [0, 0.05) is 12.5 Å². The summed E-state index contributed by atoms with van der Waals surface area (Å²) in [6.45, 7) is 1.78. The molecular weight excluding hydrogens is 315 g/mol. The minimum Gasteiger partial charge on any atom is -0.491 e. The van der Waals surface area contributed by atoms with E-state index >= 15 is 0 Å². The number of nitrogens with one attached hydrogen (secondary N) is 1. The number of carbonyl (C=O) groups is 1. The van der Waals surface area contributed by atoms with Gasteiger partial charge < -0.3 is 10.1 Å². The molecule has 0 aromatic heterocycles. The summed E-state index contributed by atoms with van der Waals surface area (Å²) in [5.74, 6) is -0.586. The van der Waals surface area contributed by atoms with Crippen LogP contribution >= 0.6 is 0 Å². The number of para-hydroxylation sites is 1. The Bertz CT molecular complexity index is 749. The third-order valence-corrected chi connectivity index (χ3v) is 3.42. The van der Waals surface area contributed by atoms with Crippen molar-refractivity contribution in [3.63, 3.8) is 0 Å². The minimum atomic E-state index is -0.493. The molecule has 7 heteroatoms. The fraction of sp³-hybridized carbons (Fsp3) is 0.235. The van der Waals surface area contributed by atoms with Crippen LogP contribution in [0, 0.1) is 22.9 Å². The van der Waals surface area contributed by atoms with Gasteiger partial charge in [-0.2, -0.15) is 0 Å². The lowest BCUT2D eigenvalue weighted by molar-refractivity contribution is -0.385. The second-order valence-corrected chi connectivity index (χ2v) is 5.14. The van der Waals surface area contributed by atoms with E-state index in [1.807, 2.05) is 0 Å². The fourth-order valence-corrected chi connectivity index (χ4v) is 2.15. The Balaban J connectivity index is 1.83. The molecule has 0 fully saturated rings. The Kier molecular flexibility index (Phi) is 5.83. The first-order valence-corrected chi connectivity index (χ1v) is 7.40. The second kappa shape index (κ2) is 8.05. The first-order valence-electron chi connectivity index (χ1n) is 7.40. The van der Waals surface area contributed by atoms with Crippen LogP contribution in [0.15, 0.2) is 42.5 Å². The Morgan fingerprint density at radius 2 is 2.00 bits per heavy atom. The third-order valence-electron chi connectivity index (χ3n) is 3.42. The van der Waals surface area contributed by atoms with Gasteiger partial charge in [-0.3, -0.25) is 14.9 Å². The van der Waals surface area contributed by atoms with Gasteiger partial charge in [0.15, 0.2) is 11.6 Å². The van der Waals surface area contributed by atoms with Crippen LogP contribution in [0.4, 0.5) is 15.8 Å². The summed E-state index contributed by atoms with van der Waals surface area (Å²) in [6, 6.07) is 10.5. The lowest BCUT2D eigenvalue weighted by atomic mass is 10.1. The molecule has 0 aliphatic rings. The van der Waals surface area contributed by atoms with Crippen molar-refractivity contribution in [1.82, 2.24) is 0 Å². The summed E-state index contributed by atoms with van der Waals surface area (Å²) in [7, 11) is 0. The molecule has 0 spiro atoms. The third kappa shape index (κ3) is 4.52. The van der Waals surface area contributed by atoms with E-state index in [0.717, 1.165) is 0 Å². The zero-order valence-electron chi connectivity index (χ0n) is 13.1. The highest BCUT2D eigenvalue weighted by Crippen LogP contribution is 2.25. The van der Waals surface area contributed by atoms with Crippen molar-refractivity contribution in [3.05, 3.63) is 64.0 Å². The molecule has 2 rings (SSSR count). The number of hydrogen-bond donors (Lipinski definition) is 1. The Labute approximate surface area is 138 Å². The maximum Gasteiger partial charge on any atom is 0.274 e. The van der Waals surface area contributed by atoms with E-state index in [-0.39, 0.29) is 30.4 Å². The highest BCUT2D eigenvalue weighted by molar-refractivity contribution is 5.92. The molecule has 0 bridgehead atoms. The quantitative estimate of drug-likeness (QED) is 0.474. The summed E-state index contributed by atoms with van der Waals surface area (Å²) in [5, 5.41) is 13.5. The summed E-state index contributed by atoms with van der Waals surface area (Å²) in [5.41, 5.74) is 0.762. The van der Waals surface area contributed by atoms with E-state index < -0.39 is 10.7 Å². The first-order chi connectivity index (χ1) is 11.5. The van der Waals surface area contributed by atoms with Crippen LogP contribution in [0.3, 0.4) is 0 Å². The number of halogens is 1. The van der Waals surface area contributed by atoms with E-state index in [1.165, 1.54) is 24.3 Å². The molecule has 0 heterocycles. The van der Waals surface area contributed by atoms with Gasteiger partial charge in [0.2, 0.25) is 5.91 Å². The summed E-state index contributed by atoms with van der Waals surface area (Å²) in [6.07, 6.45) is 0.560. The molecule has 0 unspecified atom stereocenters. The van der Waals surface area contributed by atoms with Gasteiger partial charge in [0.1, 0.15) is 0 Å². The normalized spacial score (nSPS) is 10.2. The number of nitro benzene ring substituents is 1. The summed E-state index contributed by atoms with van der Waals surface area (Å²) in [4.78, 5) is 22.3. The van der Waals surface area contributed by atoms with Gasteiger partial charge in [0.05, 0.1) is 22.8 Å². The van der Waals surface area contributed by atoms with Crippen LogP contribution < -0.4 is 10.1 Å². The molecular formula is C17H17FN2O4. The van der Waals surface area contributed by atoms with Gasteiger partial charge in [0.25, 0.3) is 5.69 Å². The van der Waals surface area contributed by atoms with Crippen molar-refractivity contribution in [2.45, 2.75) is 19.8 Å². The maximum atomic E-state index is 13.4. The van der Waals surface area contributed by atoms with E-state index in [2.05, 4.69) is 5.32 Å². The van der Waals surface area contributed by atoms with Crippen molar-refractivity contribution < 1.29 is 18.8 Å². The molecule has 1 amide bonds. The number of nitrogens with zero attached hydrogens (tertiary/aromatic N) is 1. The van der Waals surface area contributed by atoms with Crippen molar-refractivity contribution >= 4 is 17.3 Å². The predicted octanol–water partition coefficient (Wildman–Crippen LogP) is 3.84. The number of rotatable bonds is 7. The fourth-order valence-electron chi connectivity index (χ4n) is 2.15. The second-order valence-electron chi connectivity index (χ2n) is 5.14. The zero-order chi connectivity index (χ0) is 17.5. The highest BCUT2D eigenvalue weighted by Gasteiger charge is 2.14. The molecule has 1 N–H and O–H groups in total. The molecule has 0 saturated carbocycles. The monoisotopic (exact) mass is 332 g/mol. The Morgan fingerprint density at radius 3 is 2.71 bits per heavy atom. The molecule has 2 aromatic rings. The van der Waals surface area contributed by atoms with Gasteiger partial charge in [-0.05, 0) is 31.5 Å². The number of amides is 1. The van der Waals surface area contributed by atoms with Crippen molar-refractivity contribution in [2.24, 2.45) is 0 Å². The van der Waals surface area contributed by atoms with Gasteiger partial charge in [-0.1, -0.05) is 18.2 Å². The van der Waals surface area contributed by atoms with Crippen LogP contribution in [0.2, 0.25) is 0 Å².